The molecule has 2 rings (SSSR count). The fourth-order valence-corrected chi connectivity index (χ4v) is 3.25. The minimum atomic E-state index is -0.470. The van der Waals surface area contributed by atoms with Crippen molar-refractivity contribution in [2.24, 2.45) is 5.92 Å². The van der Waals surface area contributed by atoms with Gasteiger partial charge in [0.25, 0.3) is 0 Å². The Kier molecular flexibility index (Phi) is 4.71. The fourth-order valence-electron chi connectivity index (χ4n) is 2.83. The first-order valence-electron chi connectivity index (χ1n) is 7.21. The van der Waals surface area contributed by atoms with Crippen LogP contribution in [0.2, 0.25) is 0 Å². The maximum absolute atomic E-state index is 12.6. The second-order valence-electron chi connectivity index (χ2n) is 5.90. The van der Waals surface area contributed by atoms with Crippen LogP contribution < -0.4 is 5.32 Å². The van der Waals surface area contributed by atoms with Crippen LogP contribution in [0.15, 0.2) is 28.7 Å². The van der Waals surface area contributed by atoms with Gasteiger partial charge < -0.3 is 10.2 Å². The fraction of sp³-hybridized carbons (Fsp3) is 0.500. The molecule has 4 nitrogen and oxygen atoms in total. The van der Waals surface area contributed by atoms with Gasteiger partial charge in [-0.05, 0) is 37.5 Å². The number of carbonyl (C=O) groups is 2. The molecule has 5 heteroatoms. The van der Waals surface area contributed by atoms with Crippen LogP contribution in [0.5, 0.6) is 0 Å². The Morgan fingerprint density at radius 1 is 1.24 bits per heavy atom. The number of halogens is 1. The van der Waals surface area contributed by atoms with Crippen molar-refractivity contribution in [2.75, 3.05) is 0 Å². The lowest BCUT2D eigenvalue weighted by Gasteiger charge is -2.43. The number of hydrogen-bond donors (Lipinski definition) is 1. The molecule has 3 atom stereocenters. The van der Waals surface area contributed by atoms with Crippen molar-refractivity contribution < 1.29 is 9.59 Å². The summed E-state index contributed by atoms with van der Waals surface area (Å²) in [5, 5.41) is 2.77. The summed E-state index contributed by atoms with van der Waals surface area (Å²) in [6, 6.07) is 6.83. The number of piperazine rings is 1. The van der Waals surface area contributed by atoms with Gasteiger partial charge in [0.05, 0.1) is 6.04 Å². The van der Waals surface area contributed by atoms with Crippen molar-refractivity contribution >= 4 is 27.7 Å². The number of amides is 2. The number of nitrogens with one attached hydrogen (secondary N) is 1. The van der Waals surface area contributed by atoms with Gasteiger partial charge in [-0.3, -0.25) is 9.59 Å². The lowest BCUT2D eigenvalue weighted by Crippen LogP contribution is -2.64. The summed E-state index contributed by atoms with van der Waals surface area (Å²) >= 11 is 3.45. The molecule has 0 aromatic heterocycles. The number of hydrogen-bond acceptors (Lipinski definition) is 2. The quantitative estimate of drug-likeness (QED) is 0.909. The molecular formula is C16H21BrN2O2. The van der Waals surface area contributed by atoms with Crippen molar-refractivity contribution in [3.8, 4) is 0 Å². The number of benzene rings is 1. The van der Waals surface area contributed by atoms with Crippen LogP contribution in [0.25, 0.3) is 0 Å². The van der Waals surface area contributed by atoms with Gasteiger partial charge >= 0.3 is 0 Å². The molecule has 1 N–H and O–H groups in total. The van der Waals surface area contributed by atoms with Gasteiger partial charge in [-0.15, -0.1) is 0 Å². The van der Waals surface area contributed by atoms with Crippen molar-refractivity contribution in [2.45, 2.75) is 45.8 Å². The van der Waals surface area contributed by atoms with E-state index in [1.54, 1.807) is 11.8 Å². The average molecular weight is 353 g/mol. The van der Waals surface area contributed by atoms with E-state index in [4.69, 9.17) is 0 Å². The van der Waals surface area contributed by atoms with E-state index in [0.717, 1.165) is 10.0 Å². The highest BCUT2D eigenvalue weighted by molar-refractivity contribution is 9.10. The maximum Gasteiger partial charge on any atom is 0.246 e. The van der Waals surface area contributed by atoms with Crippen molar-refractivity contribution in [3.63, 3.8) is 0 Å². The van der Waals surface area contributed by atoms with Crippen LogP contribution in [-0.2, 0) is 9.59 Å². The molecule has 0 aliphatic carbocycles. The molecule has 1 aliphatic heterocycles. The van der Waals surface area contributed by atoms with Crippen LogP contribution in [0.3, 0.4) is 0 Å². The van der Waals surface area contributed by atoms with Crippen molar-refractivity contribution in [3.05, 3.63) is 34.3 Å². The Balaban J connectivity index is 2.40. The summed E-state index contributed by atoms with van der Waals surface area (Å²) in [4.78, 5) is 26.6. The molecule has 0 bridgehead atoms. The molecule has 21 heavy (non-hydrogen) atoms. The molecule has 1 aromatic rings. The Bertz CT molecular complexity index is 559. The smallest absolute Gasteiger partial charge is 0.246 e. The van der Waals surface area contributed by atoms with Gasteiger partial charge in [0.1, 0.15) is 12.1 Å². The average Bonchev–Trinajstić information content (AvgIpc) is 2.41. The number of carbonyl (C=O) groups excluding carboxylic acids is 2. The van der Waals surface area contributed by atoms with Gasteiger partial charge in [0.15, 0.2) is 0 Å². The van der Waals surface area contributed by atoms with E-state index >= 15 is 0 Å². The normalized spacial score (nSPS) is 24.2. The van der Waals surface area contributed by atoms with Crippen molar-refractivity contribution in [1.29, 1.82) is 0 Å². The molecule has 1 aliphatic rings. The first-order valence-corrected chi connectivity index (χ1v) is 8.00. The monoisotopic (exact) mass is 352 g/mol. The second-order valence-corrected chi connectivity index (χ2v) is 6.81. The molecule has 0 spiro atoms. The second kappa shape index (κ2) is 6.18. The summed E-state index contributed by atoms with van der Waals surface area (Å²) < 4.78 is 0.968. The lowest BCUT2D eigenvalue weighted by atomic mass is 9.93. The first kappa shape index (κ1) is 16.0. The zero-order valence-electron chi connectivity index (χ0n) is 12.8. The largest absolute Gasteiger partial charge is 0.343 e. The molecule has 3 unspecified atom stereocenters. The van der Waals surface area contributed by atoms with Crippen LogP contribution in [0, 0.1) is 5.92 Å². The SMILES string of the molecule is CC1NC(=O)C(C(C)C)N(C(C)c2cccc(Br)c2)C1=O. The Hall–Kier alpha value is -1.36. The summed E-state index contributed by atoms with van der Waals surface area (Å²) in [5.41, 5.74) is 1.02. The number of rotatable bonds is 3. The lowest BCUT2D eigenvalue weighted by molar-refractivity contribution is -0.153. The van der Waals surface area contributed by atoms with E-state index in [1.165, 1.54) is 0 Å². The van der Waals surface area contributed by atoms with E-state index in [0.29, 0.717) is 0 Å². The molecule has 0 saturated carbocycles. The van der Waals surface area contributed by atoms with E-state index in [-0.39, 0.29) is 23.8 Å². The van der Waals surface area contributed by atoms with Crippen LogP contribution in [-0.4, -0.2) is 28.8 Å². The third-order valence-corrected chi connectivity index (χ3v) is 4.43. The molecule has 1 saturated heterocycles. The standard InChI is InChI=1S/C16H21BrN2O2/c1-9(2)14-15(20)18-10(3)16(21)19(14)11(4)12-6-5-7-13(17)8-12/h5-11,14H,1-4H3,(H,18,20). The predicted molar refractivity (Wildman–Crippen MR) is 85.6 cm³/mol. The summed E-state index contributed by atoms with van der Waals surface area (Å²) in [5.74, 6) is -0.0317. The highest BCUT2D eigenvalue weighted by Crippen LogP contribution is 2.30. The van der Waals surface area contributed by atoms with Crippen LogP contribution in [0.1, 0.15) is 39.3 Å². The third kappa shape index (κ3) is 3.12. The minimum Gasteiger partial charge on any atom is -0.343 e. The Morgan fingerprint density at radius 2 is 1.90 bits per heavy atom. The molecule has 0 radical (unpaired) electrons. The molecule has 1 heterocycles. The van der Waals surface area contributed by atoms with E-state index in [1.807, 2.05) is 45.0 Å². The van der Waals surface area contributed by atoms with Crippen molar-refractivity contribution in [1.82, 2.24) is 10.2 Å². The highest BCUT2D eigenvalue weighted by Gasteiger charge is 2.42. The molecule has 2 amide bonds. The summed E-state index contributed by atoms with van der Waals surface area (Å²) in [6.45, 7) is 7.64. The zero-order valence-corrected chi connectivity index (χ0v) is 14.3. The predicted octanol–water partition coefficient (Wildman–Crippen LogP) is 2.88. The molecular weight excluding hydrogens is 332 g/mol. The maximum atomic E-state index is 12.6. The van der Waals surface area contributed by atoms with Crippen LogP contribution in [0.4, 0.5) is 0 Å². The van der Waals surface area contributed by atoms with Gasteiger partial charge in [0.2, 0.25) is 11.8 Å². The van der Waals surface area contributed by atoms with Crippen LogP contribution >= 0.6 is 15.9 Å². The van der Waals surface area contributed by atoms with Gasteiger partial charge in [0, 0.05) is 4.47 Å². The Morgan fingerprint density at radius 3 is 2.48 bits per heavy atom. The van der Waals surface area contributed by atoms with Gasteiger partial charge in [-0.25, -0.2) is 0 Å². The third-order valence-electron chi connectivity index (χ3n) is 3.93. The molecule has 114 valence electrons. The van der Waals surface area contributed by atoms with E-state index in [9.17, 15) is 9.59 Å². The van der Waals surface area contributed by atoms with Gasteiger partial charge in [-0.1, -0.05) is 41.9 Å². The van der Waals surface area contributed by atoms with Gasteiger partial charge in [-0.2, -0.15) is 0 Å². The van der Waals surface area contributed by atoms with E-state index in [2.05, 4.69) is 21.2 Å². The molecule has 1 fully saturated rings. The highest BCUT2D eigenvalue weighted by atomic mass is 79.9. The van der Waals surface area contributed by atoms with E-state index < -0.39 is 12.1 Å². The number of nitrogens with zero attached hydrogens (tertiary/aromatic N) is 1. The minimum absolute atomic E-state index is 0.0271. The first-order chi connectivity index (χ1) is 9.82. The Labute approximate surface area is 134 Å². The zero-order chi connectivity index (χ0) is 15.7. The summed E-state index contributed by atoms with van der Waals surface area (Å²) in [7, 11) is 0. The summed E-state index contributed by atoms with van der Waals surface area (Å²) in [6.07, 6.45) is 0. The topological polar surface area (TPSA) is 49.4 Å². The molecule has 1 aromatic carbocycles.